The third-order valence-electron chi connectivity index (χ3n) is 5.24. The Bertz CT molecular complexity index is 632. The SMILES string of the molecule is CC1C2CNCC2CN1Cc1nn(C)c2ccccc12. The van der Waals surface area contributed by atoms with Crippen LogP contribution in [0, 0.1) is 11.8 Å². The molecule has 2 aromatic rings. The van der Waals surface area contributed by atoms with E-state index in [0.717, 1.165) is 18.4 Å². The van der Waals surface area contributed by atoms with E-state index in [0.29, 0.717) is 6.04 Å². The van der Waals surface area contributed by atoms with Gasteiger partial charge in [0.2, 0.25) is 0 Å². The Kier molecular flexibility index (Phi) is 2.82. The highest BCUT2D eigenvalue weighted by atomic mass is 15.3. The molecule has 1 aromatic heterocycles. The van der Waals surface area contributed by atoms with E-state index in [4.69, 9.17) is 5.10 Å². The number of nitrogens with one attached hydrogen (secondary N) is 1. The van der Waals surface area contributed by atoms with Crippen LogP contribution in [-0.2, 0) is 13.6 Å². The molecule has 1 N–H and O–H groups in total. The number of fused-ring (bicyclic) bond motifs is 2. The molecule has 4 rings (SSSR count). The van der Waals surface area contributed by atoms with E-state index < -0.39 is 0 Å². The second-order valence-electron chi connectivity index (χ2n) is 6.34. The van der Waals surface area contributed by atoms with Crippen molar-refractivity contribution < 1.29 is 0 Å². The largest absolute Gasteiger partial charge is 0.316 e. The number of para-hydroxylation sites is 1. The fourth-order valence-corrected chi connectivity index (χ4v) is 4.06. The predicted octanol–water partition coefficient (Wildman–Crippen LogP) is 1.61. The summed E-state index contributed by atoms with van der Waals surface area (Å²) in [7, 11) is 2.04. The first-order valence-corrected chi connectivity index (χ1v) is 7.59. The van der Waals surface area contributed by atoms with Gasteiger partial charge in [0.25, 0.3) is 0 Å². The van der Waals surface area contributed by atoms with E-state index in [1.54, 1.807) is 0 Å². The molecule has 0 aliphatic carbocycles. The first kappa shape index (κ1) is 12.4. The summed E-state index contributed by atoms with van der Waals surface area (Å²) in [5.41, 5.74) is 2.46. The highest BCUT2D eigenvalue weighted by molar-refractivity contribution is 5.81. The average molecular weight is 270 g/mol. The Morgan fingerprint density at radius 1 is 1.30 bits per heavy atom. The normalized spacial score (nSPS) is 30.2. The summed E-state index contributed by atoms with van der Waals surface area (Å²) in [6.07, 6.45) is 0. The molecule has 4 heteroatoms. The number of benzene rings is 1. The highest BCUT2D eigenvalue weighted by Gasteiger charge is 2.41. The molecular formula is C16H22N4. The monoisotopic (exact) mass is 270 g/mol. The van der Waals surface area contributed by atoms with Crippen LogP contribution in [-0.4, -0.2) is 40.4 Å². The topological polar surface area (TPSA) is 33.1 Å². The van der Waals surface area contributed by atoms with Gasteiger partial charge in [-0.15, -0.1) is 0 Å². The molecule has 3 atom stereocenters. The minimum absolute atomic E-state index is 0.663. The van der Waals surface area contributed by atoms with Gasteiger partial charge in [0, 0.05) is 31.6 Å². The molecule has 20 heavy (non-hydrogen) atoms. The Hall–Kier alpha value is -1.39. The van der Waals surface area contributed by atoms with E-state index in [1.807, 2.05) is 11.7 Å². The van der Waals surface area contributed by atoms with E-state index >= 15 is 0 Å². The zero-order chi connectivity index (χ0) is 13.7. The number of aryl methyl sites for hydroxylation is 1. The lowest BCUT2D eigenvalue weighted by molar-refractivity contribution is 0.229. The molecule has 2 saturated heterocycles. The first-order valence-electron chi connectivity index (χ1n) is 7.59. The van der Waals surface area contributed by atoms with Crippen molar-refractivity contribution in [1.29, 1.82) is 0 Å². The molecule has 1 aromatic carbocycles. The van der Waals surface area contributed by atoms with E-state index in [1.165, 1.54) is 36.2 Å². The Morgan fingerprint density at radius 3 is 3.00 bits per heavy atom. The third kappa shape index (κ3) is 1.79. The van der Waals surface area contributed by atoms with Gasteiger partial charge < -0.3 is 5.32 Å². The van der Waals surface area contributed by atoms with Crippen molar-refractivity contribution in [2.24, 2.45) is 18.9 Å². The van der Waals surface area contributed by atoms with Crippen molar-refractivity contribution in [1.82, 2.24) is 20.0 Å². The summed E-state index contributed by atoms with van der Waals surface area (Å²) in [6, 6.07) is 9.21. The molecule has 0 saturated carbocycles. The van der Waals surface area contributed by atoms with Crippen LogP contribution in [0.1, 0.15) is 12.6 Å². The van der Waals surface area contributed by atoms with Crippen LogP contribution in [0.2, 0.25) is 0 Å². The van der Waals surface area contributed by atoms with Gasteiger partial charge >= 0.3 is 0 Å². The zero-order valence-corrected chi connectivity index (χ0v) is 12.2. The summed E-state index contributed by atoms with van der Waals surface area (Å²) in [5.74, 6) is 1.66. The zero-order valence-electron chi connectivity index (χ0n) is 12.2. The molecule has 2 aliphatic heterocycles. The number of nitrogens with zero attached hydrogens (tertiary/aromatic N) is 3. The summed E-state index contributed by atoms with van der Waals surface area (Å²) in [5, 5.41) is 9.57. The number of hydrogen-bond donors (Lipinski definition) is 1. The van der Waals surface area contributed by atoms with Crippen LogP contribution in [0.15, 0.2) is 24.3 Å². The molecule has 4 nitrogen and oxygen atoms in total. The van der Waals surface area contributed by atoms with Crippen molar-refractivity contribution in [3.05, 3.63) is 30.0 Å². The van der Waals surface area contributed by atoms with E-state index in [9.17, 15) is 0 Å². The van der Waals surface area contributed by atoms with Crippen LogP contribution in [0.4, 0.5) is 0 Å². The fraction of sp³-hybridized carbons (Fsp3) is 0.562. The lowest BCUT2D eigenvalue weighted by Crippen LogP contribution is -2.32. The van der Waals surface area contributed by atoms with Crippen molar-refractivity contribution in [3.63, 3.8) is 0 Å². The standard InChI is InChI=1S/C16H22N4/c1-11-14-8-17-7-12(14)9-20(11)10-15-13-5-3-4-6-16(13)19(2)18-15/h3-6,11-12,14,17H,7-10H2,1-2H3. The second kappa shape index (κ2) is 4.57. The predicted molar refractivity (Wildman–Crippen MR) is 80.4 cm³/mol. The van der Waals surface area contributed by atoms with E-state index in [2.05, 4.69) is 41.4 Å². The minimum Gasteiger partial charge on any atom is -0.316 e. The van der Waals surface area contributed by atoms with Gasteiger partial charge in [0.15, 0.2) is 0 Å². The maximum Gasteiger partial charge on any atom is 0.0843 e. The summed E-state index contributed by atoms with van der Waals surface area (Å²) in [4.78, 5) is 2.62. The lowest BCUT2D eigenvalue weighted by Gasteiger charge is -2.23. The Morgan fingerprint density at radius 2 is 2.15 bits per heavy atom. The summed E-state index contributed by atoms with van der Waals surface area (Å²) < 4.78 is 2.01. The molecule has 0 spiro atoms. The van der Waals surface area contributed by atoms with Gasteiger partial charge in [0.1, 0.15) is 0 Å². The Labute approximate surface area is 119 Å². The molecule has 3 unspecified atom stereocenters. The molecule has 3 heterocycles. The van der Waals surface area contributed by atoms with Crippen LogP contribution >= 0.6 is 0 Å². The fourth-order valence-electron chi connectivity index (χ4n) is 4.06. The molecule has 0 radical (unpaired) electrons. The van der Waals surface area contributed by atoms with Crippen molar-refractivity contribution in [2.75, 3.05) is 19.6 Å². The lowest BCUT2D eigenvalue weighted by atomic mass is 9.95. The maximum atomic E-state index is 4.74. The maximum absolute atomic E-state index is 4.74. The first-order chi connectivity index (χ1) is 9.74. The number of hydrogen-bond acceptors (Lipinski definition) is 3. The number of rotatable bonds is 2. The van der Waals surface area contributed by atoms with Gasteiger partial charge in [-0.05, 0) is 37.9 Å². The molecule has 2 aliphatic rings. The van der Waals surface area contributed by atoms with Crippen molar-refractivity contribution >= 4 is 10.9 Å². The average Bonchev–Trinajstić information content (AvgIpc) is 3.10. The minimum atomic E-state index is 0.663. The van der Waals surface area contributed by atoms with Crippen LogP contribution in [0.3, 0.4) is 0 Å². The quantitative estimate of drug-likeness (QED) is 0.900. The molecular weight excluding hydrogens is 248 g/mol. The summed E-state index contributed by atoms with van der Waals surface area (Å²) in [6.45, 7) is 6.95. The van der Waals surface area contributed by atoms with Gasteiger partial charge in [-0.3, -0.25) is 9.58 Å². The molecule has 0 amide bonds. The number of likely N-dealkylation sites (tertiary alicyclic amines) is 1. The molecule has 2 fully saturated rings. The van der Waals surface area contributed by atoms with Crippen LogP contribution < -0.4 is 5.32 Å². The van der Waals surface area contributed by atoms with Gasteiger partial charge in [-0.1, -0.05) is 18.2 Å². The Balaban J connectivity index is 1.62. The van der Waals surface area contributed by atoms with Gasteiger partial charge in [-0.2, -0.15) is 5.10 Å². The highest BCUT2D eigenvalue weighted by Crippen LogP contribution is 2.33. The molecule has 106 valence electrons. The second-order valence-corrected chi connectivity index (χ2v) is 6.34. The van der Waals surface area contributed by atoms with Crippen molar-refractivity contribution in [3.8, 4) is 0 Å². The van der Waals surface area contributed by atoms with Crippen LogP contribution in [0.5, 0.6) is 0 Å². The van der Waals surface area contributed by atoms with Crippen LogP contribution in [0.25, 0.3) is 10.9 Å². The third-order valence-corrected chi connectivity index (χ3v) is 5.24. The van der Waals surface area contributed by atoms with Gasteiger partial charge in [-0.25, -0.2) is 0 Å². The summed E-state index contributed by atoms with van der Waals surface area (Å²) >= 11 is 0. The molecule has 0 bridgehead atoms. The van der Waals surface area contributed by atoms with Crippen molar-refractivity contribution in [2.45, 2.75) is 19.5 Å². The van der Waals surface area contributed by atoms with E-state index in [-0.39, 0.29) is 0 Å². The number of aromatic nitrogens is 2. The smallest absolute Gasteiger partial charge is 0.0843 e. The van der Waals surface area contributed by atoms with Gasteiger partial charge in [0.05, 0.1) is 11.2 Å².